The normalized spacial score (nSPS) is 35.6. The van der Waals surface area contributed by atoms with Crippen LogP contribution in [0, 0.1) is 0 Å². The van der Waals surface area contributed by atoms with Crippen LogP contribution in [0.2, 0.25) is 0 Å². The van der Waals surface area contributed by atoms with E-state index in [0.717, 1.165) is 6.04 Å². The fraction of sp³-hybridized carbons (Fsp3) is 1.00. The minimum absolute atomic E-state index is 0.579. The second kappa shape index (κ2) is 4.66. The Balaban J connectivity index is 1.60. The Morgan fingerprint density at radius 2 is 1.69 bits per heavy atom. The molecule has 0 amide bonds. The van der Waals surface area contributed by atoms with Gasteiger partial charge in [-0.05, 0) is 64.6 Å². The van der Waals surface area contributed by atoms with Crippen LogP contribution in [0.15, 0.2) is 0 Å². The van der Waals surface area contributed by atoms with E-state index >= 15 is 0 Å². The number of nitrogens with zero attached hydrogens (tertiary/aromatic N) is 1. The van der Waals surface area contributed by atoms with E-state index in [1.54, 1.807) is 0 Å². The van der Waals surface area contributed by atoms with Gasteiger partial charge in [0.15, 0.2) is 0 Å². The van der Waals surface area contributed by atoms with Crippen LogP contribution in [0.4, 0.5) is 0 Å². The molecule has 0 aromatic heterocycles. The summed E-state index contributed by atoms with van der Waals surface area (Å²) in [5, 5.41) is 3.79. The van der Waals surface area contributed by atoms with E-state index in [4.69, 9.17) is 0 Å². The topological polar surface area (TPSA) is 15.3 Å². The molecule has 0 radical (unpaired) electrons. The third-order valence-corrected chi connectivity index (χ3v) is 5.07. The van der Waals surface area contributed by atoms with Crippen molar-refractivity contribution in [3.8, 4) is 0 Å². The molecule has 16 heavy (non-hydrogen) atoms. The summed E-state index contributed by atoms with van der Waals surface area (Å²) in [5.41, 5.74) is 0.579. The van der Waals surface area contributed by atoms with Crippen molar-refractivity contribution >= 4 is 0 Å². The highest BCUT2D eigenvalue weighted by Crippen LogP contribution is 2.39. The Hall–Kier alpha value is -0.0800. The van der Waals surface area contributed by atoms with E-state index in [0.29, 0.717) is 5.54 Å². The first-order valence-corrected chi connectivity index (χ1v) is 7.37. The Labute approximate surface area is 99.8 Å². The minimum Gasteiger partial charge on any atom is -0.311 e. The van der Waals surface area contributed by atoms with Crippen LogP contribution in [0.25, 0.3) is 0 Å². The van der Waals surface area contributed by atoms with E-state index in [-0.39, 0.29) is 0 Å². The highest BCUT2D eigenvalue weighted by Gasteiger charge is 2.42. The molecule has 2 nitrogen and oxygen atoms in total. The standard InChI is InChI=1S/C14H26N2/c1-2-4-11-16(10-3-1)13-6-9-15-14(12-13)7-5-8-14/h13,15H,1-12H2. The quantitative estimate of drug-likeness (QED) is 0.733. The average Bonchev–Trinajstić information content (AvgIpc) is 2.56. The van der Waals surface area contributed by atoms with Gasteiger partial charge in [-0.3, -0.25) is 0 Å². The third-order valence-electron chi connectivity index (χ3n) is 5.07. The molecule has 2 heteroatoms. The number of nitrogens with one attached hydrogen (secondary N) is 1. The van der Waals surface area contributed by atoms with Crippen molar-refractivity contribution in [2.45, 2.75) is 69.4 Å². The fourth-order valence-corrected chi connectivity index (χ4v) is 3.89. The van der Waals surface area contributed by atoms with Gasteiger partial charge >= 0.3 is 0 Å². The Morgan fingerprint density at radius 1 is 0.938 bits per heavy atom. The van der Waals surface area contributed by atoms with Gasteiger partial charge in [-0.1, -0.05) is 12.8 Å². The maximum absolute atomic E-state index is 3.79. The lowest BCUT2D eigenvalue weighted by Gasteiger charge is -2.50. The summed E-state index contributed by atoms with van der Waals surface area (Å²) in [6.07, 6.45) is 13.0. The molecule has 1 N–H and O–H groups in total. The summed E-state index contributed by atoms with van der Waals surface area (Å²) < 4.78 is 0. The van der Waals surface area contributed by atoms with Crippen molar-refractivity contribution in [1.29, 1.82) is 0 Å². The van der Waals surface area contributed by atoms with Gasteiger partial charge in [0, 0.05) is 11.6 Å². The maximum Gasteiger partial charge on any atom is 0.0196 e. The number of likely N-dealkylation sites (tertiary alicyclic amines) is 1. The number of piperidine rings is 1. The molecule has 0 aromatic carbocycles. The molecule has 0 aromatic rings. The molecule has 3 rings (SSSR count). The van der Waals surface area contributed by atoms with Gasteiger partial charge in [0.05, 0.1) is 0 Å². The first kappa shape index (κ1) is 11.0. The second-order valence-corrected chi connectivity index (χ2v) is 6.16. The van der Waals surface area contributed by atoms with Crippen LogP contribution in [0.1, 0.15) is 57.8 Å². The first-order valence-electron chi connectivity index (χ1n) is 7.37. The fourth-order valence-electron chi connectivity index (χ4n) is 3.89. The molecule has 3 fully saturated rings. The number of hydrogen-bond donors (Lipinski definition) is 1. The summed E-state index contributed by atoms with van der Waals surface area (Å²) >= 11 is 0. The molecule has 1 unspecified atom stereocenters. The zero-order valence-corrected chi connectivity index (χ0v) is 10.5. The van der Waals surface area contributed by atoms with Gasteiger partial charge in [-0.25, -0.2) is 0 Å². The zero-order chi connectivity index (χ0) is 10.8. The molecule has 1 atom stereocenters. The summed E-state index contributed by atoms with van der Waals surface area (Å²) in [5.74, 6) is 0. The molecule has 2 aliphatic heterocycles. The predicted molar refractivity (Wildman–Crippen MR) is 67.6 cm³/mol. The molecule has 1 spiro atoms. The van der Waals surface area contributed by atoms with Crippen molar-refractivity contribution in [1.82, 2.24) is 10.2 Å². The van der Waals surface area contributed by atoms with Crippen LogP contribution in [-0.4, -0.2) is 36.1 Å². The van der Waals surface area contributed by atoms with Crippen molar-refractivity contribution in [2.24, 2.45) is 0 Å². The lowest BCUT2D eigenvalue weighted by Crippen LogP contribution is -2.59. The molecule has 92 valence electrons. The van der Waals surface area contributed by atoms with Crippen molar-refractivity contribution in [2.75, 3.05) is 19.6 Å². The van der Waals surface area contributed by atoms with Gasteiger partial charge in [-0.2, -0.15) is 0 Å². The van der Waals surface area contributed by atoms with Gasteiger partial charge in [-0.15, -0.1) is 0 Å². The SMILES string of the molecule is C1CCCN(C2CCNC3(CCC3)C2)CC1. The molecule has 1 saturated carbocycles. The smallest absolute Gasteiger partial charge is 0.0196 e. The Kier molecular flexibility index (Phi) is 3.21. The minimum atomic E-state index is 0.579. The Morgan fingerprint density at radius 3 is 2.31 bits per heavy atom. The summed E-state index contributed by atoms with van der Waals surface area (Å²) in [7, 11) is 0. The van der Waals surface area contributed by atoms with E-state index in [1.165, 1.54) is 77.4 Å². The summed E-state index contributed by atoms with van der Waals surface area (Å²) in [4.78, 5) is 2.81. The van der Waals surface area contributed by atoms with Crippen LogP contribution in [0.3, 0.4) is 0 Å². The third kappa shape index (κ3) is 2.14. The van der Waals surface area contributed by atoms with Gasteiger partial charge in [0.25, 0.3) is 0 Å². The lowest BCUT2D eigenvalue weighted by molar-refractivity contribution is 0.0628. The molecule has 0 bridgehead atoms. The molecule has 3 aliphatic rings. The average molecular weight is 222 g/mol. The monoisotopic (exact) mass is 222 g/mol. The molecule has 1 aliphatic carbocycles. The lowest BCUT2D eigenvalue weighted by atomic mass is 9.70. The largest absolute Gasteiger partial charge is 0.311 e. The van der Waals surface area contributed by atoms with E-state index in [1.807, 2.05) is 0 Å². The van der Waals surface area contributed by atoms with Crippen LogP contribution >= 0.6 is 0 Å². The van der Waals surface area contributed by atoms with Crippen molar-refractivity contribution in [3.63, 3.8) is 0 Å². The second-order valence-electron chi connectivity index (χ2n) is 6.16. The van der Waals surface area contributed by atoms with Crippen molar-refractivity contribution in [3.05, 3.63) is 0 Å². The predicted octanol–water partition coefficient (Wildman–Crippen LogP) is 2.54. The van der Waals surface area contributed by atoms with Crippen LogP contribution < -0.4 is 5.32 Å². The summed E-state index contributed by atoms with van der Waals surface area (Å²) in [6, 6.07) is 0.902. The van der Waals surface area contributed by atoms with Crippen molar-refractivity contribution < 1.29 is 0 Å². The van der Waals surface area contributed by atoms with E-state index in [2.05, 4.69) is 10.2 Å². The number of hydrogen-bond acceptors (Lipinski definition) is 2. The molecular formula is C14H26N2. The maximum atomic E-state index is 3.79. The van der Waals surface area contributed by atoms with E-state index in [9.17, 15) is 0 Å². The zero-order valence-electron chi connectivity index (χ0n) is 10.5. The first-order chi connectivity index (χ1) is 7.88. The van der Waals surface area contributed by atoms with E-state index < -0.39 is 0 Å². The van der Waals surface area contributed by atoms with Gasteiger partial charge < -0.3 is 10.2 Å². The van der Waals surface area contributed by atoms with Gasteiger partial charge in [0.2, 0.25) is 0 Å². The van der Waals surface area contributed by atoms with Crippen LogP contribution in [0.5, 0.6) is 0 Å². The number of rotatable bonds is 1. The van der Waals surface area contributed by atoms with Gasteiger partial charge in [0.1, 0.15) is 0 Å². The van der Waals surface area contributed by atoms with Crippen LogP contribution in [-0.2, 0) is 0 Å². The molecule has 2 heterocycles. The Bertz CT molecular complexity index is 227. The summed E-state index contributed by atoms with van der Waals surface area (Å²) in [6.45, 7) is 4.02. The molecular weight excluding hydrogens is 196 g/mol. The highest BCUT2D eigenvalue weighted by atomic mass is 15.2. The molecule has 2 saturated heterocycles. The highest BCUT2D eigenvalue weighted by molar-refractivity contribution is 5.02.